The average Bonchev–Trinajstić information content (AvgIpc) is 2.58. The first kappa shape index (κ1) is 7.76. The molecule has 12 heavy (non-hydrogen) atoms. The number of hydrogen-bond acceptors (Lipinski definition) is 3. The Bertz CT molecular complexity index is 268. The van der Waals surface area contributed by atoms with E-state index in [1.54, 1.807) is 0 Å². The Balaban J connectivity index is 2.19. The van der Waals surface area contributed by atoms with Crippen LogP contribution in [-0.4, -0.2) is 28.9 Å². The summed E-state index contributed by atoms with van der Waals surface area (Å²) in [6.45, 7) is 3.86. The summed E-state index contributed by atoms with van der Waals surface area (Å²) in [7, 11) is 0. The molecule has 3 N–H and O–H groups in total. The molecule has 1 saturated heterocycles. The Morgan fingerprint density at radius 3 is 3.00 bits per heavy atom. The Kier molecular flexibility index (Phi) is 1.86. The van der Waals surface area contributed by atoms with Gasteiger partial charge in [-0.05, 0) is 12.5 Å². The van der Waals surface area contributed by atoms with Crippen molar-refractivity contribution >= 4 is 0 Å². The molecule has 0 amide bonds. The van der Waals surface area contributed by atoms with Crippen molar-refractivity contribution in [2.45, 2.75) is 19.0 Å². The van der Waals surface area contributed by atoms with Crippen molar-refractivity contribution in [2.24, 2.45) is 5.73 Å². The van der Waals surface area contributed by atoms with Crippen LogP contribution in [0.15, 0.2) is 12.4 Å². The Labute approximate surface area is 71.7 Å². The maximum absolute atomic E-state index is 5.90. The third-order valence-electron chi connectivity index (χ3n) is 2.30. The van der Waals surface area contributed by atoms with E-state index in [0.29, 0.717) is 6.04 Å². The van der Waals surface area contributed by atoms with Crippen molar-refractivity contribution in [3.8, 4) is 0 Å². The van der Waals surface area contributed by atoms with Gasteiger partial charge in [-0.2, -0.15) is 5.10 Å². The molecule has 4 heteroatoms. The lowest BCUT2D eigenvalue weighted by Gasteiger charge is -2.13. The van der Waals surface area contributed by atoms with E-state index < -0.39 is 0 Å². The number of hydrogen-bond donors (Lipinski definition) is 2. The highest BCUT2D eigenvalue weighted by Gasteiger charge is 2.25. The van der Waals surface area contributed by atoms with Crippen molar-refractivity contribution in [1.82, 2.24) is 15.1 Å². The first-order chi connectivity index (χ1) is 5.77. The minimum Gasteiger partial charge on any atom is -0.325 e. The second kappa shape index (κ2) is 2.88. The molecule has 1 aliphatic heterocycles. The topological polar surface area (TPSA) is 55.9 Å². The van der Waals surface area contributed by atoms with E-state index in [1.807, 2.05) is 24.0 Å². The second-order valence-electron chi connectivity index (χ2n) is 3.39. The van der Waals surface area contributed by atoms with Crippen molar-refractivity contribution in [2.75, 3.05) is 13.1 Å². The number of nitrogens with one attached hydrogen (secondary N) is 1. The molecule has 1 fully saturated rings. The van der Waals surface area contributed by atoms with Crippen molar-refractivity contribution < 1.29 is 0 Å². The van der Waals surface area contributed by atoms with Crippen LogP contribution in [0.3, 0.4) is 0 Å². The summed E-state index contributed by atoms with van der Waals surface area (Å²) < 4.78 is 1.96. The molecule has 1 aromatic heterocycles. The summed E-state index contributed by atoms with van der Waals surface area (Å²) in [6.07, 6.45) is 3.91. The first-order valence-corrected chi connectivity index (χ1v) is 4.24. The highest BCUT2D eigenvalue weighted by atomic mass is 15.3. The van der Waals surface area contributed by atoms with E-state index in [2.05, 4.69) is 10.4 Å². The van der Waals surface area contributed by atoms with Crippen LogP contribution < -0.4 is 11.1 Å². The van der Waals surface area contributed by atoms with E-state index in [9.17, 15) is 0 Å². The summed E-state index contributed by atoms with van der Waals surface area (Å²) in [6, 6.07) is 0.531. The molecule has 2 atom stereocenters. The molecule has 2 heterocycles. The molecule has 1 aliphatic rings. The van der Waals surface area contributed by atoms with Crippen LogP contribution in [0.25, 0.3) is 0 Å². The largest absolute Gasteiger partial charge is 0.325 e. The zero-order chi connectivity index (χ0) is 8.55. The summed E-state index contributed by atoms with van der Waals surface area (Å²) >= 11 is 0. The third kappa shape index (κ3) is 1.23. The van der Waals surface area contributed by atoms with Gasteiger partial charge in [0, 0.05) is 25.3 Å². The van der Waals surface area contributed by atoms with Gasteiger partial charge in [0.15, 0.2) is 0 Å². The van der Waals surface area contributed by atoms with Crippen LogP contribution in [-0.2, 0) is 0 Å². The summed E-state index contributed by atoms with van der Waals surface area (Å²) in [4.78, 5) is 0. The molecule has 0 saturated carbocycles. The minimum atomic E-state index is 0.198. The molecular weight excluding hydrogens is 152 g/mol. The maximum atomic E-state index is 5.90. The predicted octanol–water partition coefficient (Wildman–Crippen LogP) is -0.337. The van der Waals surface area contributed by atoms with Gasteiger partial charge < -0.3 is 11.1 Å². The molecule has 0 spiro atoms. The normalized spacial score (nSPS) is 29.5. The van der Waals surface area contributed by atoms with Crippen molar-refractivity contribution in [1.29, 1.82) is 0 Å². The number of aryl methyl sites for hydroxylation is 1. The second-order valence-corrected chi connectivity index (χ2v) is 3.39. The number of rotatable bonds is 1. The van der Waals surface area contributed by atoms with Crippen LogP contribution in [0.4, 0.5) is 0 Å². The standard InChI is InChI=1S/C8H14N4/c1-6-2-11-12(5-6)8-4-10-3-7(8)9/h2,5,7-8,10H,3-4,9H2,1H3/t7?,8-/m0/s1. The van der Waals surface area contributed by atoms with Crippen molar-refractivity contribution in [3.05, 3.63) is 18.0 Å². The van der Waals surface area contributed by atoms with Crippen LogP contribution in [0.5, 0.6) is 0 Å². The Morgan fingerprint density at radius 2 is 2.50 bits per heavy atom. The van der Waals surface area contributed by atoms with Gasteiger partial charge in [-0.25, -0.2) is 0 Å². The summed E-state index contributed by atoms with van der Waals surface area (Å²) in [5, 5.41) is 7.49. The zero-order valence-electron chi connectivity index (χ0n) is 7.20. The lowest BCUT2D eigenvalue weighted by atomic mass is 10.2. The molecule has 1 unspecified atom stereocenters. The van der Waals surface area contributed by atoms with Crippen LogP contribution in [0.2, 0.25) is 0 Å². The lowest BCUT2D eigenvalue weighted by molar-refractivity contribution is 0.446. The number of nitrogens with zero attached hydrogens (tertiary/aromatic N) is 2. The van der Waals surface area contributed by atoms with E-state index >= 15 is 0 Å². The zero-order valence-corrected chi connectivity index (χ0v) is 7.20. The Morgan fingerprint density at radius 1 is 1.67 bits per heavy atom. The quantitative estimate of drug-likeness (QED) is 0.600. The van der Waals surface area contributed by atoms with Gasteiger partial charge >= 0.3 is 0 Å². The molecular formula is C8H14N4. The smallest absolute Gasteiger partial charge is 0.0806 e. The van der Waals surface area contributed by atoms with Gasteiger partial charge in [-0.1, -0.05) is 0 Å². The third-order valence-corrected chi connectivity index (χ3v) is 2.30. The van der Waals surface area contributed by atoms with Gasteiger partial charge in [0.1, 0.15) is 0 Å². The molecule has 2 rings (SSSR count). The monoisotopic (exact) mass is 166 g/mol. The fraction of sp³-hybridized carbons (Fsp3) is 0.625. The minimum absolute atomic E-state index is 0.198. The highest BCUT2D eigenvalue weighted by molar-refractivity contribution is 5.02. The van der Waals surface area contributed by atoms with Crippen molar-refractivity contribution in [3.63, 3.8) is 0 Å². The maximum Gasteiger partial charge on any atom is 0.0806 e. The van der Waals surface area contributed by atoms with Gasteiger partial charge in [-0.15, -0.1) is 0 Å². The first-order valence-electron chi connectivity index (χ1n) is 4.24. The van der Waals surface area contributed by atoms with Gasteiger partial charge in [0.2, 0.25) is 0 Å². The van der Waals surface area contributed by atoms with Gasteiger partial charge in [0.05, 0.1) is 12.2 Å². The summed E-state index contributed by atoms with van der Waals surface area (Å²) in [5.41, 5.74) is 7.09. The fourth-order valence-electron chi connectivity index (χ4n) is 1.59. The van der Waals surface area contributed by atoms with Crippen LogP contribution in [0.1, 0.15) is 11.6 Å². The molecule has 66 valence electrons. The van der Waals surface area contributed by atoms with E-state index in [0.717, 1.165) is 13.1 Å². The van der Waals surface area contributed by atoms with Gasteiger partial charge in [-0.3, -0.25) is 4.68 Å². The fourth-order valence-corrected chi connectivity index (χ4v) is 1.59. The average molecular weight is 166 g/mol. The SMILES string of the molecule is Cc1cnn([C@H]2CNCC2N)c1. The van der Waals surface area contributed by atoms with E-state index in [-0.39, 0.29) is 6.04 Å². The molecule has 0 aromatic carbocycles. The van der Waals surface area contributed by atoms with E-state index in [4.69, 9.17) is 5.73 Å². The molecule has 4 nitrogen and oxygen atoms in total. The van der Waals surface area contributed by atoms with Gasteiger partial charge in [0.25, 0.3) is 0 Å². The highest BCUT2D eigenvalue weighted by Crippen LogP contribution is 2.13. The molecule has 0 aliphatic carbocycles. The van der Waals surface area contributed by atoms with E-state index in [1.165, 1.54) is 5.56 Å². The van der Waals surface area contributed by atoms with Crippen LogP contribution in [0, 0.1) is 6.92 Å². The number of aromatic nitrogens is 2. The molecule has 0 bridgehead atoms. The predicted molar refractivity (Wildman–Crippen MR) is 46.8 cm³/mol. The molecule has 0 radical (unpaired) electrons. The van der Waals surface area contributed by atoms with Crippen LogP contribution >= 0.6 is 0 Å². The Hall–Kier alpha value is -0.870. The molecule has 1 aromatic rings. The lowest BCUT2D eigenvalue weighted by Crippen LogP contribution is -2.31. The summed E-state index contributed by atoms with van der Waals surface area (Å²) in [5.74, 6) is 0. The number of nitrogens with two attached hydrogens (primary N) is 1.